The van der Waals surface area contributed by atoms with Crippen LogP contribution >= 0.6 is 36.2 Å². The van der Waals surface area contributed by atoms with Gasteiger partial charge in [-0.25, -0.2) is 4.98 Å². The van der Waals surface area contributed by atoms with Crippen LogP contribution in [-0.2, 0) is 6.54 Å². The zero-order valence-corrected chi connectivity index (χ0v) is 11.3. The molecule has 0 bridgehead atoms. The van der Waals surface area contributed by atoms with E-state index in [1.54, 1.807) is 11.3 Å². The molecule has 0 aliphatic rings. The molecular weight excluding hydrogens is 263 g/mol. The topological polar surface area (TPSA) is 24.9 Å². The van der Waals surface area contributed by atoms with Crippen LogP contribution in [0.4, 0.5) is 0 Å². The average molecular weight is 277 g/mol. The summed E-state index contributed by atoms with van der Waals surface area (Å²) in [6.07, 6.45) is 1.93. The number of thiazole rings is 1. The fourth-order valence-corrected chi connectivity index (χ4v) is 2.21. The highest BCUT2D eigenvalue weighted by atomic mass is 35.5. The van der Waals surface area contributed by atoms with E-state index in [4.69, 9.17) is 0 Å². The number of nitrogens with zero attached hydrogens (tertiary/aromatic N) is 1. The molecule has 2 rings (SSSR count). The van der Waals surface area contributed by atoms with E-state index in [2.05, 4.69) is 22.4 Å². The summed E-state index contributed by atoms with van der Waals surface area (Å²) in [5, 5.41) is 4.21. The predicted octanol–water partition coefficient (Wildman–Crippen LogP) is 3.37. The number of halogens is 2. The Morgan fingerprint density at radius 2 is 1.88 bits per heavy atom. The molecule has 16 heavy (non-hydrogen) atoms. The highest BCUT2D eigenvalue weighted by molar-refractivity contribution is 7.15. The van der Waals surface area contributed by atoms with E-state index in [-0.39, 0.29) is 24.8 Å². The van der Waals surface area contributed by atoms with Gasteiger partial charge in [-0.1, -0.05) is 30.3 Å². The Bertz CT molecular complexity index is 403. The second-order valence-corrected chi connectivity index (χ2v) is 4.14. The van der Waals surface area contributed by atoms with Crippen LogP contribution in [0.1, 0.15) is 4.88 Å². The molecule has 1 aromatic carbocycles. The lowest BCUT2D eigenvalue weighted by molar-refractivity contribution is 0.829. The first-order chi connectivity index (χ1) is 6.90. The summed E-state index contributed by atoms with van der Waals surface area (Å²) >= 11 is 1.74. The first-order valence-corrected chi connectivity index (χ1v) is 5.36. The third-order valence-corrected chi connectivity index (χ3v) is 2.97. The van der Waals surface area contributed by atoms with Gasteiger partial charge in [0.15, 0.2) is 0 Å². The van der Waals surface area contributed by atoms with Gasteiger partial charge in [0.2, 0.25) is 0 Å². The van der Waals surface area contributed by atoms with E-state index in [9.17, 15) is 0 Å². The molecule has 1 aromatic heterocycles. The van der Waals surface area contributed by atoms with Gasteiger partial charge in [-0.05, 0) is 7.05 Å². The number of nitrogens with one attached hydrogen (secondary N) is 1. The van der Waals surface area contributed by atoms with Crippen molar-refractivity contribution in [3.63, 3.8) is 0 Å². The Morgan fingerprint density at radius 1 is 1.19 bits per heavy atom. The van der Waals surface area contributed by atoms with Crippen LogP contribution in [0, 0.1) is 0 Å². The van der Waals surface area contributed by atoms with Gasteiger partial charge >= 0.3 is 0 Å². The second-order valence-electron chi connectivity index (χ2n) is 3.03. The lowest BCUT2D eigenvalue weighted by Gasteiger charge is -1.93. The quantitative estimate of drug-likeness (QED) is 0.930. The van der Waals surface area contributed by atoms with E-state index in [1.807, 2.05) is 31.4 Å². The molecule has 0 saturated heterocycles. The maximum Gasteiger partial charge on any atom is 0.123 e. The second kappa shape index (κ2) is 7.63. The Balaban J connectivity index is 0.00000112. The molecule has 2 aromatic rings. The minimum absolute atomic E-state index is 0. The molecule has 0 aliphatic carbocycles. The smallest absolute Gasteiger partial charge is 0.123 e. The molecule has 0 atom stereocenters. The fraction of sp³-hybridized carbons (Fsp3) is 0.182. The zero-order valence-electron chi connectivity index (χ0n) is 8.84. The lowest BCUT2D eigenvalue weighted by atomic mass is 10.2. The average Bonchev–Trinajstić information content (AvgIpc) is 2.68. The highest BCUT2D eigenvalue weighted by Gasteiger charge is 2.02. The van der Waals surface area contributed by atoms with Crippen molar-refractivity contribution >= 4 is 36.2 Å². The van der Waals surface area contributed by atoms with Crippen LogP contribution in [0.2, 0.25) is 0 Å². The number of benzene rings is 1. The Labute approximate surface area is 112 Å². The van der Waals surface area contributed by atoms with Gasteiger partial charge in [-0.2, -0.15) is 0 Å². The van der Waals surface area contributed by atoms with Crippen molar-refractivity contribution in [2.75, 3.05) is 7.05 Å². The molecule has 88 valence electrons. The van der Waals surface area contributed by atoms with Gasteiger partial charge in [-0.15, -0.1) is 36.2 Å². The van der Waals surface area contributed by atoms with Crippen LogP contribution in [0.5, 0.6) is 0 Å². The van der Waals surface area contributed by atoms with Gasteiger partial charge in [0.25, 0.3) is 0 Å². The van der Waals surface area contributed by atoms with Crippen LogP contribution in [-0.4, -0.2) is 12.0 Å². The summed E-state index contributed by atoms with van der Waals surface area (Å²) in [5.74, 6) is 0. The van der Waals surface area contributed by atoms with Crippen molar-refractivity contribution in [3.05, 3.63) is 41.4 Å². The molecule has 0 aliphatic heterocycles. The van der Waals surface area contributed by atoms with Gasteiger partial charge < -0.3 is 5.32 Å². The molecule has 5 heteroatoms. The maximum atomic E-state index is 4.38. The van der Waals surface area contributed by atoms with Crippen molar-refractivity contribution in [1.82, 2.24) is 10.3 Å². The summed E-state index contributed by atoms with van der Waals surface area (Å²) in [5.41, 5.74) is 1.19. The number of hydrogen-bond donors (Lipinski definition) is 1. The zero-order chi connectivity index (χ0) is 9.80. The first-order valence-electron chi connectivity index (χ1n) is 4.55. The van der Waals surface area contributed by atoms with Gasteiger partial charge in [0.1, 0.15) is 5.01 Å². The van der Waals surface area contributed by atoms with E-state index in [1.165, 1.54) is 10.4 Å². The molecule has 0 unspecified atom stereocenters. The van der Waals surface area contributed by atoms with Crippen molar-refractivity contribution in [2.24, 2.45) is 0 Å². The molecule has 1 heterocycles. The SMILES string of the molecule is CNCc1cnc(-c2ccccc2)s1.Cl.Cl. The summed E-state index contributed by atoms with van der Waals surface area (Å²) in [7, 11) is 1.95. The summed E-state index contributed by atoms with van der Waals surface area (Å²) in [6.45, 7) is 0.893. The third kappa shape index (κ3) is 3.76. The molecule has 0 spiro atoms. The normalized spacial score (nSPS) is 9.06. The van der Waals surface area contributed by atoms with Crippen molar-refractivity contribution in [2.45, 2.75) is 6.54 Å². The predicted molar refractivity (Wildman–Crippen MR) is 74.8 cm³/mol. The largest absolute Gasteiger partial charge is 0.315 e. The van der Waals surface area contributed by atoms with Crippen LogP contribution < -0.4 is 5.32 Å². The molecule has 1 N–H and O–H groups in total. The summed E-state index contributed by atoms with van der Waals surface area (Å²) in [4.78, 5) is 5.65. The molecule has 2 nitrogen and oxygen atoms in total. The van der Waals surface area contributed by atoms with E-state index in [0.29, 0.717) is 0 Å². The monoisotopic (exact) mass is 276 g/mol. The van der Waals surface area contributed by atoms with Crippen molar-refractivity contribution < 1.29 is 0 Å². The first kappa shape index (κ1) is 15.4. The van der Waals surface area contributed by atoms with Gasteiger partial charge in [0.05, 0.1) is 0 Å². The van der Waals surface area contributed by atoms with E-state index >= 15 is 0 Å². The summed E-state index contributed by atoms with van der Waals surface area (Å²) < 4.78 is 0. The van der Waals surface area contributed by atoms with Crippen LogP contribution in [0.25, 0.3) is 10.6 Å². The van der Waals surface area contributed by atoms with Crippen LogP contribution in [0.3, 0.4) is 0 Å². The highest BCUT2D eigenvalue weighted by Crippen LogP contribution is 2.24. The van der Waals surface area contributed by atoms with Gasteiger partial charge in [0, 0.05) is 23.2 Å². The van der Waals surface area contributed by atoms with Crippen LogP contribution in [0.15, 0.2) is 36.5 Å². The Hall–Kier alpha value is -0.610. The fourth-order valence-electron chi connectivity index (χ4n) is 1.28. The van der Waals surface area contributed by atoms with Crippen molar-refractivity contribution in [3.8, 4) is 10.6 Å². The molecule has 0 radical (unpaired) electrons. The minimum Gasteiger partial charge on any atom is -0.315 e. The molecule has 0 fully saturated rings. The molecule has 0 saturated carbocycles. The third-order valence-electron chi connectivity index (χ3n) is 1.93. The Kier molecular flexibility index (Phi) is 7.34. The van der Waals surface area contributed by atoms with Gasteiger partial charge in [-0.3, -0.25) is 0 Å². The molecular formula is C11H14Cl2N2S. The summed E-state index contributed by atoms with van der Waals surface area (Å²) in [6, 6.07) is 10.3. The van der Waals surface area contributed by atoms with E-state index < -0.39 is 0 Å². The number of rotatable bonds is 3. The van der Waals surface area contributed by atoms with E-state index in [0.717, 1.165) is 11.6 Å². The Morgan fingerprint density at radius 3 is 2.50 bits per heavy atom. The molecule has 0 amide bonds. The number of hydrogen-bond acceptors (Lipinski definition) is 3. The minimum atomic E-state index is 0. The maximum absolute atomic E-state index is 4.38. The standard InChI is InChI=1S/C11H12N2S.2ClH/c1-12-7-10-8-13-11(14-10)9-5-3-2-4-6-9;;/h2-6,8,12H,7H2,1H3;2*1H. The number of aromatic nitrogens is 1. The lowest BCUT2D eigenvalue weighted by Crippen LogP contribution is -2.02. The van der Waals surface area contributed by atoms with Crippen molar-refractivity contribution in [1.29, 1.82) is 0 Å².